The molecule has 0 saturated heterocycles. The number of hydrogen-bond donors (Lipinski definition) is 4. The highest BCUT2D eigenvalue weighted by Gasteiger charge is 2.19. The highest BCUT2D eigenvalue weighted by molar-refractivity contribution is 7.89. The van der Waals surface area contributed by atoms with E-state index in [1.165, 1.54) is 12.1 Å². The van der Waals surface area contributed by atoms with E-state index in [0.29, 0.717) is 18.5 Å². The second kappa shape index (κ2) is 12.7. The van der Waals surface area contributed by atoms with Crippen molar-refractivity contribution in [3.63, 3.8) is 0 Å². The second-order valence-corrected chi connectivity index (χ2v) is 11.0. The van der Waals surface area contributed by atoms with E-state index in [9.17, 15) is 18.0 Å². The lowest BCUT2D eigenvalue weighted by molar-refractivity contribution is -0.137. The van der Waals surface area contributed by atoms with Gasteiger partial charge in [-0.05, 0) is 65.4 Å². The third kappa shape index (κ3) is 7.29. The van der Waals surface area contributed by atoms with Gasteiger partial charge < -0.3 is 10.4 Å². The van der Waals surface area contributed by atoms with E-state index in [0.717, 1.165) is 27.5 Å². The van der Waals surface area contributed by atoms with E-state index in [1.807, 2.05) is 61.5 Å². The van der Waals surface area contributed by atoms with Gasteiger partial charge in [0.2, 0.25) is 5.91 Å². The normalized spacial score (nSPS) is 12.2. The molecule has 0 bridgehead atoms. The third-order valence-electron chi connectivity index (χ3n) is 6.50. The van der Waals surface area contributed by atoms with Crippen LogP contribution in [0.25, 0.3) is 10.8 Å². The number of carboxylic acid groups (broad SMARTS) is 1. The second-order valence-electron chi connectivity index (χ2n) is 9.29. The molecule has 4 N–H and O–H groups in total. The maximum absolute atomic E-state index is 13.4. The molecular weight excluding hydrogens is 514 g/mol. The summed E-state index contributed by atoms with van der Waals surface area (Å²) < 4.78 is 25.0. The van der Waals surface area contributed by atoms with Gasteiger partial charge in [0.1, 0.15) is 0 Å². The number of amides is 1. The topological polar surface area (TPSA) is 125 Å². The zero-order valence-corrected chi connectivity index (χ0v) is 22.4. The smallest absolute Gasteiger partial charge is 0.303 e. The predicted octanol–water partition coefficient (Wildman–Crippen LogP) is 4.97. The molecule has 1 unspecified atom stereocenters. The highest BCUT2D eigenvalue weighted by atomic mass is 32.2. The first-order valence-corrected chi connectivity index (χ1v) is 14.1. The number of carbonyl (C=O) groups excluding carboxylic acids is 1. The van der Waals surface area contributed by atoms with Crippen molar-refractivity contribution in [1.29, 1.82) is 0 Å². The quantitative estimate of drug-likeness (QED) is 0.186. The first kappa shape index (κ1) is 28.0. The number of hydrogen-bond acceptors (Lipinski definition) is 5. The largest absolute Gasteiger partial charge is 0.481 e. The number of carboxylic acids is 1. The van der Waals surface area contributed by atoms with Crippen LogP contribution in [0.1, 0.15) is 42.4 Å². The van der Waals surface area contributed by atoms with Crippen molar-refractivity contribution in [2.45, 2.75) is 43.5 Å². The minimum absolute atomic E-state index is 0.0182. The number of nitrogens with one attached hydrogen (secondary N) is 3. The summed E-state index contributed by atoms with van der Waals surface area (Å²) >= 11 is 0. The average Bonchev–Trinajstić information content (AvgIpc) is 2.93. The van der Waals surface area contributed by atoms with Crippen LogP contribution in [0, 0.1) is 0 Å². The summed E-state index contributed by atoms with van der Waals surface area (Å²) in [5, 5.41) is 14.1. The van der Waals surface area contributed by atoms with Gasteiger partial charge in [-0.1, -0.05) is 72.8 Å². The molecule has 0 aliphatic carbocycles. The Labute approximate surface area is 228 Å². The third-order valence-corrected chi connectivity index (χ3v) is 7.81. The summed E-state index contributed by atoms with van der Waals surface area (Å²) in [6, 6.07) is 27.3. The van der Waals surface area contributed by atoms with Crippen LogP contribution in [0.2, 0.25) is 0 Å². The number of fused-ring (bicyclic) bond motifs is 1. The van der Waals surface area contributed by atoms with Crippen LogP contribution in [-0.2, 0) is 32.6 Å². The molecule has 1 atom stereocenters. The predicted molar refractivity (Wildman–Crippen MR) is 152 cm³/mol. The van der Waals surface area contributed by atoms with Gasteiger partial charge >= 0.3 is 5.97 Å². The number of hydrazine groups is 1. The van der Waals surface area contributed by atoms with Crippen LogP contribution >= 0.6 is 0 Å². The van der Waals surface area contributed by atoms with Crippen LogP contribution in [0.15, 0.2) is 95.9 Å². The lowest BCUT2D eigenvalue weighted by Crippen LogP contribution is -2.36. The van der Waals surface area contributed by atoms with Gasteiger partial charge in [0.05, 0.1) is 10.8 Å². The lowest BCUT2D eigenvalue weighted by atomic mass is 9.94. The molecule has 39 heavy (non-hydrogen) atoms. The first-order valence-electron chi connectivity index (χ1n) is 12.7. The summed E-state index contributed by atoms with van der Waals surface area (Å²) in [5.41, 5.74) is 5.76. The van der Waals surface area contributed by atoms with Crippen molar-refractivity contribution in [2.75, 3.05) is 5.32 Å². The van der Waals surface area contributed by atoms with E-state index >= 15 is 0 Å². The van der Waals surface area contributed by atoms with Crippen molar-refractivity contribution in [1.82, 2.24) is 10.3 Å². The molecule has 1 amide bonds. The Morgan fingerprint density at radius 1 is 0.897 bits per heavy atom. The van der Waals surface area contributed by atoms with E-state index in [-0.39, 0.29) is 23.8 Å². The molecule has 0 fully saturated rings. The number of sulfonamides is 1. The number of anilines is 1. The number of rotatable bonds is 12. The molecule has 0 aliphatic heterocycles. The molecule has 0 heterocycles. The fourth-order valence-corrected chi connectivity index (χ4v) is 5.30. The molecule has 4 rings (SSSR count). The number of aliphatic carboxylic acids is 1. The van der Waals surface area contributed by atoms with Gasteiger partial charge in [0, 0.05) is 18.7 Å². The van der Waals surface area contributed by atoms with Crippen LogP contribution in [0.5, 0.6) is 0 Å². The Kier molecular flexibility index (Phi) is 9.08. The maximum atomic E-state index is 13.4. The Hall–Kier alpha value is -4.05. The molecule has 4 aromatic carbocycles. The van der Waals surface area contributed by atoms with E-state index in [2.05, 4.69) is 15.6 Å². The van der Waals surface area contributed by atoms with Crippen molar-refractivity contribution in [3.05, 3.63) is 108 Å². The zero-order chi connectivity index (χ0) is 27.8. The van der Waals surface area contributed by atoms with Gasteiger partial charge in [-0.3, -0.25) is 9.59 Å². The van der Waals surface area contributed by atoms with Gasteiger partial charge in [-0.2, -0.15) is 0 Å². The summed E-state index contributed by atoms with van der Waals surface area (Å²) in [6.45, 7) is 2.02. The number of carbonyl (C=O) groups is 2. The molecule has 0 spiro atoms. The average molecular weight is 546 g/mol. The van der Waals surface area contributed by atoms with Crippen LogP contribution in [0.3, 0.4) is 0 Å². The van der Waals surface area contributed by atoms with Crippen molar-refractivity contribution in [3.8, 4) is 0 Å². The molecule has 8 nitrogen and oxygen atoms in total. The SMILES string of the molecule is CC(C(=O)Nc1cc(CNNS(=O)(=O)c2ccccc2)ccc1CCCC(=O)O)c1cccc2ccccc12. The number of benzene rings is 4. The minimum Gasteiger partial charge on any atom is -0.481 e. The molecular formula is C30H31N3O5S. The van der Waals surface area contributed by atoms with Gasteiger partial charge in [-0.15, -0.1) is 4.83 Å². The molecule has 0 aromatic heterocycles. The maximum Gasteiger partial charge on any atom is 0.303 e. The van der Waals surface area contributed by atoms with E-state index in [1.54, 1.807) is 24.3 Å². The minimum atomic E-state index is -3.73. The Morgan fingerprint density at radius 3 is 2.38 bits per heavy atom. The Morgan fingerprint density at radius 2 is 1.62 bits per heavy atom. The summed E-state index contributed by atoms with van der Waals surface area (Å²) in [5.74, 6) is -1.51. The number of aryl methyl sites for hydroxylation is 1. The molecule has 0 saturated carbocycles. The summed E-state index contributed by atoms with van der Waals surface area (Å²) in [4.78, 5) is 26.9. The fraction of sp³-hybridized carbons (Fsp3) is 0.200. The van der Waals surface area contributed by atoms with Gasteiger partial charge in [-0.25, -0.2) is 13.8 Å². The van der Waals surface area contributed by atoms with Crippen LogP contribution in [-0.4, -0.2) is 25.4 Å². The van der Waals surface area contributed by atoms with Gasteiger partial charge in [0.15, 0.2) is 0 Å². The molecule has 0 radical (unpaired) electrons. The van der Waals surface area contributed by atoms with Crippen molar-refractivity contribution >= 4 is 38.4 Å². The van der Waals surface area contributed by atoms with E-state index in [4.69, 9.17) is 5.11 Å². The summed E-state index contributed by atoms with van der Waals surface area (Å²) in [7, 11) is -3.73. The molecule has 202 valence electrons. The standard InChI is InChI=1S/C30H31N3O5S/c1-21(26-15-7-10-23-9-5-6-14-27(23)26)30(36)32-28-19-22(17-18-24(28)11-8-16-29(34)35)20-31-33-39(37,38)25-12-3-2-4-13-25/h2-7,9-10,12-15,17-19,21,31,33H,8,11,16,20H2,1H3,(H,32,36)(H,34,35). The van der Waals surface area contributed by atoms with Gasteiger partial charge in [0.25, 0.3) is 10.0 Å². The van der Waals surface area contributed by atoms with E-state index < -0.39 is 21.9 Å². The fourth-order valence-electron chi connectivity index (χ4n) is 4.40. The molecule has 4 aromatic rings. The lowest BCUT2D eigenvalue weighted by Gasteiger charge is -2.18. The first-order chi connectivity index (χ1) is 18.7. The monoisotopic (exact) mass is 545 g/mol. The van der Waals surface area contributed by atoms with Crippen molar-refractivity contribution < 1.29 is 23.1 Å². The highest BCUT2D eigenvalue weighted by Crippen LogP contribution is 2.28. The molecule has 0 aliphatic rings. The molecule has 9 heteroatoms. The Bertz CT molecular complexity index is 1570. The van der Waals surface area contributed by atoms with Crippen LogP contribution in [0.4, 0.5) is 5.69 Å². The zero-order valence-electron chi connectivity index (χ0n) is 21.6. The summed E-state index contributed by atoms with van der Waals surface area (Å²) in [6.07, 6.45) is 0.912. The Balaban J connectivity index is 1.51. The van der Waals surface area contributed by atoms with Crippen molar-refractivity contribution in [2.24, 2.45) is 0 Å². The van der Waals surface area contributed by atoms with Crippen LogP contribution < -0.4 is 15.6 Å².